The van der Waals surface area contributed by atoms with E-state index < -0.39 is 0 Å². The van der Waals surface area contributed by atoms with Crippen molar-refractivity contribution in [2.24, 2.45) is 0 Å². The molecule has 0 unspecified atom stereocenters. The Bertz CT molecular complexity index is 767. The van der Waals surface area contributed by atoms with Crippen molar-refractivity contribution in [1.82, 2.24) is 9.97 Å². The maximum absolute atomic E-state index is 12.6. The lowest BCUT2D eigenvalue weighted by Gasteiger charge is -2.31. The van der Waals surface area contributed by atoms with E-state index in [4.69, 9.17) is 14.1 Å². The van der Waals surface area contributed by atoms with Gasteiger partial charge in [-0.15, -0.1) is 0 Å². The van der Waals surface area contributed by atoms with Gasteiger partial charge in [-0.25, -0.2) is 4.98 Å². The molecule has 0 spiro atoms. The zero-order valence-electron chi connectivity index (χ0n) is 13.9. The number of carbonyl (C=O) groups is 1. The molecule has 4 heterocycles. The molecular weight excluding hydrogens is 320 g/mol. The number of anilines is 2. The van der Waals surface area contributed by atoms with Crippen LogP contribution in [0.2, 0.25) is 0 Å². The predicted molar refractivity (Wildman–Crippen MR) is 93.5 cm³/mol. The van der Waals surface area contributed by atoms with Gasteiger partial charge in [0, 0.05) is 37.5 Å². The minimum atomic E-state index is -0.0935. The minimum Gasteiger partial charge on any atom is -0.465 e. The molecule has 1 saturated heterocycles. The van der Waals surface area contributed by atoms with E-state index in [0.29, 0.717) is 31.5 Å². The molecule has 2 aromatic heterocycles. The second kappa shape index (κ2) is 7.06. The lowest BCUT2D eigenvalue weighted by molar-refractivity contribution is -0.114. The van der Waals surface area contributed by atoms with Crippen molar-refractivity contribution in [3.63, 3.8) is 0 Å². The normalized spacial score (nSPS) is 17.8. The quantitative estimate of drug-likeness (QED) is 0.795. The summed E-state index contributed by atoms with van der Waals surface area (Å²) in [6.45, 7) is 3.55. The molecule has 1 fully saturated rings. The number of morpholine rings is 1. The molecule has 0 bridgehead atoms. The summed E-state index contributed by atoms with van der Waals surface area (Å²) in [5.74, 6) is 1.94. The van der Waals surface area contributed by atoms with E-state index in [1.807, 2.05) is 12.3 Å². The number of nitrogens with zero attached hydrogens (tertiary/aromatic N) is 4. The van der Waals surface area contributed by atoms with Gasteiger partial charge in [-0.2, -0.15) is 4.98 Å². The summed E-state index contributed by atoms with van der Waals surface area (Å²) in [6, 6.07) is 3.61. The fraction of sp³-hybridized carbons (Fsp3) is 0.389. The van der Waals surface area contributed by atoms with E-state index in [0.717, 1.165) is 37.3 Å². The minimum absolute atomic E-state index is 0.0935. The highest BCUT2D eigenvalue weighted by molar-refractivity contribution is 6.03. The average Bonchev–Trinajstić information content (AvgIpc) is 3.19. The number of hydrogen-bond acceptors (Lipinski definition) is 6. The Balaban J connectivity index is 1.58. The predicted octanol–water partition coefficient (Wildman–Crippen LogP) is 1.90. The fourth-order valence-corrected chi connectivity index (χ4v) is 3.09. The van der Waals surface area contributed by atoms with Gasteiger partial charge < -0.3 is 14.1 Å². The highest BCUT2D eigenvalue weighted by atomic mass is 16.5. The largest absolute Gasteiger partial charge is 0.465 e. The monoisotopic (exact) mass is 340 g/mol. The highest BCUT2D eigenvalue weighted by Gasteiger charge is 2.25. The summed E-state index contributed by atoms with van der Waals surface area (Å²) >= 11 is 0. The molecule has 2 aliphatic heterocycles. The third kappa shape index (κ3) is 3.41. The number of rotatable bonds is 3. The molecule has 4 rings (SSSR count). The Kier molecular flexibility index (Phi) is 4.47. The summed E-state index contributed by atoms with van der Waals surface area (Å²) in [5.41, 5.74) is 1.02. The summed E-state index contributed by atoms with van der Waals surface area (Å²) in [7, 11) is 0. The Morgan fingerprint density at radius 2 is 2.12 bits per heavy atom. The molecule has 25 heavy (non-hydrogen) atoms. The third-order valence-electron chi connectivity index (χ3n) is 4.41. The van der Waals surface area contributed by atoms with Crippen LogP contribution in [0.4, 0.5) is 11.8 Å². The van der Waals surface area contributed by atoms with E-state index in [-0.39, 0.29) is 5.91 Å². The average molecular weight is 340 g/mol. The maximum atomic E-state index is 12.6. The molecule has 0 saturated carbocycles. The summed E-state index contributed by atoms with van der Waals surface area (Å²) in [5, 5.41) is 0. The van der Waals surface area contributed by atoms with E-state index in [1.165, 1.54) is 6.08 Å². The van der Waals surface area contributed by atoms with Crippen LogP contribution >= 0.6 is 0 Å². The number of fused-ring (bicyclic) bond motifs is 1. The molecule has 7 heteroatoms. The van der Waals surface area contributed by atoms with Crippen molar-refractivity contribution in [3.05, 3.63) is 42.0 Å². The van der Waals surface area contributed by atoms with Gasteiger partial charge in [-0.1, -0.05) is 0 Å². The maximum Gasteiger partial charge on any atom is 0.252 e. The molecule has 0 N–H and O–H groups in total. The van der Waals surface area contributed by atoms with E-state index in [9.17, 15) is 4.79 Å². The van der Waals surface area contributed by atoms with Crippen molar-refractivity contribution >= 4 is 23.7 Å². The summed E-state index contributed by atoms with van der Waals surface area (Å²) < 4.78 is 10.6. The first kappa shape index (κ1) is 15.8. The molecule has 0 atom stereocenters. The van der Waals surface area contributed by atoms with Crippen molar-refractivity contribution < 1.29 is 13.9 Å². The lowest BCUT2D eigenvalue weighted by Crippen LogP contribution is -2.39. The highest BCUT2D eigenvalue weighted by Crippen LogP contribution is 2.27. The van der Waals surface area contributed by atoms with Crippen LogP contribution < -0.4 is 9.80 Å². The molecule has 2 aliphatic rings. The van der Waals surface area contributed by atoms with E-state index in [2.05, 4.69) is 9.88 Å². The Morgan fingerprint density at radius 1 is 1.24 bits per heavy atom. The molecular formula is C18H20N4O3. The second-order valence-corrected chi connectivity index (χ2v) is 6.06. The van der Waals surface area contributed by atoms with Crippen LogP contribution in [0.3, 0.4) is 0 Å². The van der Waals surface area contributed by atoms with Crippen LogP contribution in [0.1, 0.15) is 17.7 Å². The van der Waals surface area contributed by atoms with Crippen LogP contribution in [-0.4, -0.2) is 48.7 Å². The van der Waals surface area contributed by atoms with Crippen molar-refractivity contribution in [2.75, 3.05) is 42.6 Å². The smallest absolute Gasteiger partial charge is 0.252 e. The van der Waals surface area contributed by atoms with Crippen molar-refractivity contribution in [3.8, 4) is 0 Å². The first-order valence-corrected chi connectivity index (χ1v) is 8.53. The first-order chi connectivity index (χ1) is 12.3. The first-order valence-electron chi connectivity index (χ1n) is 8.53. The summed E-state index contributed by atoms with van der Waals surface area (Å²) in [6.07, 6.45) is 8.45. The number of furan rings is 1. The number of hydrogen-bond donors (Lipinski definition) is 0. The van der Waals surface area contributed by atoms with Gasteiger partial charge in [0.1, 0.15) is 11.6 Å². The molecule has 7 nitrogen and oxygen atoms in total. The third-order valence-corrected chi connectivity index (χ3v) is 4.41. The van der Waals surface area contributed by atoms with Gasteiger partial charge in [0.25, 0.3) is 5.91 Å². The topological polar surface area (TPSA) is 71.7 Å². The number of ether oxygens (including phenoxy) is 1. The Labute approximate surface area is 145 Å². The second-order valence-electron chi connectivity index (χ2n) is 6.06. The van der Waals surface area contributed by atoms with E-state index >= 15 is 0 Å². The van der Waals surface area contributed by atoms with Gasteiger partial charge in [-0.3, -0.25) is 9.69 Å². The molecule has 0 aliphatic carbocycles. The Hall–Kier alpha value is -2.67. The van der Waals surface area contributed by atoms with Gasteiger partial charge in [0.05, 0.1) is 19.5 Å². The number of aromatic nitrogens is 2. The number of aryl methyl sites for hydroxylation is 1. The molecule has 1 amide bonds. The van der Waals surface area contributed by atoms with Crippen LogP contribution in [0, 0.1) is 0 Å². The molecule has 0 radical (unpaired) electrons. The standard InChI is InChI=1S/C18H20N4O3/c23-16(6-5-15-4-2-10-25-15)22-7-1-3-14-13-19-18(20-17(14)22)21-8-11-24-12-9-21/h2,4-6,10,13H,1,3,7-9,11-12H2/b6-5+. The number of carbonyl (C=O) groups excluding carboxylic acids is 1. The van der Waals surface area contributed by atoms with Crippen molar-refractivity contribution in [2.45, 2.75) is 12.8 Å². The van der Waals surface area contributed by atoms with E-state index in [1.54, 1.807) is 23.3 Å². The molecule has 0 aromatic carbocycles. The van der Waals surface area contributed by atoms with Crippen LogP contribution in [0.5, 0.6) is 0 Å². The molecule has 130 valence electrons. The zero-order valence-corrected chi connectivity index (χ0v) is 13.9. The van der Waals surface area contributed by atoms with Crippen LogP contribution in [0.25, 0.3) is 6.08 Å². The van der Waals surface area contributed by atoms with Gasteiger partial charge >= 0.3 is 0 Å². The van der Waals surface area contributed by atoms with Crippen molar-refractivity contribution in [1.29, 1.82) is 0 Å². The number of amides is 1. The van der Waals surface area contributed by atoms with Gasteiger partial charge in [0.2, 0.25) is 5.95 Å². The Morgan fingerprint density at radius 3 is 2.92 bits per heavy atom. The van der Waals surface area contributed by atoms with Gasteiger partial charge in [0.15, 0.2) is 0 Å². The van der Waals surface area contributed by atoms with Gasteiger partial charge in [-0.05, 0) is 31.1 Å². The lowest BCUT2D eigenvalue weighted by atomic mass is 10.1. The summed E-state index contributed by atoms with van der Waals surface area (Å²) in [4.78, 5) is 25.6. The molecule has 2 aromatic rings. The fourth-order valence-electron chi connectivity index (χ4n) is 3.09. The van der Waals surface area contributed by atoms with Crippen LogP contribution in [0.15, 0.2) is 35.1 Å². The SMILES string of the molecule is O=C(/C=C/c1ccco1)N1CCCc2cnc(N3CCOCC3)nc21. The zero-order chi connectivity index (χ0) is 17.1. The van der Waals surface area contributed by atoms with Crippen LogP contribution in [-0.2, 0) is 16.0 Å².